The van der Waals surface area contributed by atoms with Crippen molar-refractivity contribution in [2.45, 2.75) is 49.9 Å². The first kappa shape index (κ1) is 17.1. The number of amides is 1. The van der Waals surface area contributed by atoms with E-state index in [-0.39, 0.29) is 18.8 Å². The van der Waals surface area contributed by atoms with Crippen LogP contribution in [0.25, 0.3) is 0 Å². The van der Waals surface area contributed by atoms with E-state index in [1.165, 1.54) is 5.32 Å². The minimum absolute atomic E-state index is 0.0881. The average molecular weight is 304 g/mol. The zero-order valence-corrected chi connectivity index (χ0v) is 10.7. The van der Waals surface area contributed by atoms with Crippen molar-refractivity contribution in [3.63, 3.8) is 0 Å². The molecule has 20 heavy (non-hydrogen) atoms. The molecule has 1 amide bonds. The molecule has 0 bridgehead atoms. The lowest BCUT2D eigenvalue weighted by atomic mass is 9.94. The van der Waals surface area contributed by atoms with E-state index in [1.807, 2.05) is 0 Å². The lowest BCUT2D eigenvalue weighted by molar-refractivity contribution is -0.269. The molecule has 0 aliphatic heterocycles. The molecule has 0 aromatic rings. The number of carbonyl (C=O) groups is 1. The molecule has 0 aromatic carbocycles. The summed E-state index contributed by atoms with van der Waals surface area (Å²) in [5.74, 6) is -7.75. The number of hydrogen-bond donors (Lipinski definition) is 2. The van der Waals surface area contributed by atoms with E-state index in [1.54, 1.807) is 0 Å². The van der Waals surface area contributed by atoms with Crippen LogP contribution in [-0.4, -0.2) is 43.3 Å². The van der Waals surface area contributed by atoms with Crippen LogP contribution >= 0.6 is 0 Å². The highest BCUT2D eigenvalue weighted by Gasteiger charge is 2.63. The molecule has 0 atom stereocenters. The van der Waals surface area contributed by atoms with E-state index in [4.69, 9.17) is 10.5 Å². The quantitative estimate of drug-likeness (QED) is 0.599. The Morgan fingerprint density at radius 1 is 1.15 bits per heavy atom. The molecule has 0 radical (unpaired) electrons. The summed E-state index contributed by atoms with van der Waals surface area (Å²) in [6.45, 7) is -0.507. The molecule has 0 saturated heterocycles. The van der Waals surface area contributed by atoms with Gasteiger partial charge in [0.25, 0.3) is 5.91 Å². The summed E-state index contributed by atoms with van der Waals surface area (Å²) in [6.07, 6.45) is -2.99. The van der Waals surface area contributed by atoms with Gasteiger partial charge in [0.2, 0.25) is 0 Å². The van der Waals surface area contributed by atoms with Gasteiger partial charge in [0, 0.05) is 12.6 Å². The molecule has 0 spiro atoms. The summed E-state index contributed by atoms with van der Waals surface area (Å²) in [4.78, 5) is 10.8. The minimum atomic E-state index is -5.89. The molecule has 118 valence electrons. The Morgan fingerprint density at radius 2 is 1.70 bits per heavy atom. The molecular weight excluding hydrogens is 287 g/mol. The zero-order chi connectivity index (χ0) is 15.4. The third kappa shape index (κ3) is 4.55. The van der Waals surface area contributed by atoms with Crippen LogP contribution in [-0.2, 0) is 9.53 Å². The molecule has 0 heterocycles. The number of alkyl halides is 5. The number of nitrogens with one attached hydrogen (secondary N) is 1. The van der Waals surface area contributed by atoms with Crippen LogP contribution in [0.1, 0.15) is 25.7 Å². The summed E-state index contributed by atoms with van der Waals surface area (Å²) in [5.41, 5.74) is 5.68. The summed E-state index contributed by atoms with van der Waals surface area (Å²) < 4.78 is 66.0. The van der Waals surface area contributed by atoms with E-state index < -0.39 is 24.6 Å². The third-order valence-corrected chi connectivity index (χ3v) is 3.10. The second kappa shape index (κ2) is 6.66. The van der Waals surface area contributed by atoms with E-state index in [9.17, 15) is 26.7 Å². The lowest BCUT2D eigenvalue weighted by Gasteiger charge is -2.26. The first-order chi connectivity index (χ1) is 9.14. The van der Waals surface area contributed by atoms with Crippen LogP contribution in [0.4, 0.5) is 22.0 Å². The van der Waals surface area contributed by atoms with Gasteiger partial charge < -0.3 is 15.8 Å². The molecular formula is C11H17F5N2O2. The topological polar surface area (TPSA) is 64.3 Å². The van der Waals surface area contributed by atoms with Gasteiger partial charge in [-0.1, -0.05) is 0 Å². The molecule has 1 aliphatic carbocycles. The van der Waals surface area contributed by atoms with Crippen LogP contribution in [0.3, 0.4) is 0 Å². The van der Waals surface area contributed by atoms with Crippen LogP contribution < -0.4 is 11.1 Å². The highest BCUT2D eigenvalue weighted by atomic mass is 19.4. The molecule has 9 heteroatoms. The van der Waals surface area contributed by atoms with Crippen molar-refractivity contribution >= 4 is 5.91 Å². The average Bonchev–Trinajstić information content (AvgIpc) is 2.35. The Kier molecular flexibility index (Phi) is 5.69. The maximum absolute atomic E-state index is 12.6. The highest BCUT2D eigenvalue weighted by molar-refractivity contribution is 5.84. The van der Waals surface area contributed by atoms with Gasteiger partial charge in [-0.2, -0.15) is 22.0 Å². The summed E-state index contributed by atoms with van der Waals surface area (Å²) in [5, 5.41) is 1.52. The first-order valence-electron chi connectivity index (χ1n) is 6.24. The third-order valence-electron chi connectivity index (χ3n) is 3.10. The van der Waals surface area contributed by atoms with Crippen LogP contribution in [0, 0.1) is 0 Å². The zero-order valence-electron chi connectivity index (χ0n) is 10.7. The number of rotatable bonds is 5. The minimum Gasteiger partial charge on any atom is -0.376 e. The fourth-order valence-electron chi connectivity index (χ4n) is 1.89. The van der Waals surface area contributed by atoms with Gasteiger partial charge in [0.05, 0.1) is 12.7 Å². The first-order valence-corrected chi connectivity index (χ1v) is 6.24. The fourth-order valence-corrected chi connectivity index (χ4v) is 1.89. The van der Waals surface area contributed by atoms with Crippen molar-refractivity contribution in [2.24, 2.45) is 5.73 Å². The van der Waals surface area contributed by atoms with Gasteiger partial charge in [-0.25, -0.2) is 0 Å². The van der Waals surface area contributed by atoms with Gasteiger partial charge in [-0.05, 0) is 25.7 Å². The molecule has 3 N–H and O–H groups in total. The maximum Gasteiger partial charge on any atom is 0.463 e. The summed E-state index contributed by atoms with van der Waals surface area (Å²) in [7, 11) is 0. The number of hydrogen-bond acceptors (Lipinski definition) is 3. The number of carbonyl (C=O) groups excluding carboxylic acids is 1. The van der Waals surface area contributed by atoms with Crippen molar-refractivity contribution in [1.82, 2.24) is 5.32 Å². The van der Waals surface area contributed by atoms with Crippen molar-refractivity contribution in [3.8, 4) is 0 Å². The molecule has 1 aliphatic rings. The molecule has 4 nitrogen and oxygen atoms in total. The van der Waals surface area contributed by atoms with Gasteiger partial charge in [0.15, 0.2) is 0 Å². The Balaban J connectivity index is 2.23. The molecule has 0 unspecified atom stereocenters. The molecule has 1 saturated carbocycles. The lowest BCUT2D eigenvalue weighted by Crippen LogP contribution is -2.51. The largest absolute Gasteiger partial charge is 0.463 e. The van der Waals surface area contributed by atoms with E-state index in [0.29, 0.717) is 12.8 Å². The standard InChI is InChI=1S/C11H17F5N2O2/c12-10(13,11(14,15)16)9(19)18-5-6-20-8-3-1-7(17)2-4-8/h7-8H,1-6,17H2,(H,18,19). The maximum atomic E-state index is 12.6. The SMILES string of the molecule is NC1CCC(OCCNC(=O)C(F)(F)C(F)(F)F)CC1. The second-order valence-corrected chi connectivity index (χ2v) is 4.74. The second-order valence-electron chi connectivity index (χ2n) is 4.74. The smallest absolute Gasteiger partial charge is 0.376 e. The van der Waals surface area contributed by atoms with Gasteiger partial charge in [-0.15, -0.1) is 0 Å². The predicted molar refractivity (Wildman–Crippen MR) is 60.2 cm³/mol. The summed E-state index contributed by atoms with van der Waals surface area (Å²) >= 11 is 0. The van der Waals surface area contributed by atoms with Crippen LogP contribution in [0.15, 0.2) is 0 Å². The van der Waals surface area contributed by atoms with Gasteiger partial charge in [-0.3, -0.25) is 4.79 Å². The van der Waals surface area contributed by atoms with Crippen molar-refractivity contribution in [3.05, 3.63) is 0 Å². The van der Waals surface area contributed by atoms with Crippen molar-refractivity contribution in [2.75, 3.05) is 13.2 Å². The Hall–Kier alpha value is -0.960. The van der Waals surface area contributed by atoms with Crippen LogP contribution in [0.5, 0.6) is 0 Å². The van der Waals surface area contributed by atoms with Crippen molar-refractivity contribution < 1.29 is 31.5 Å². The number of nitrogens with two attached hydrogens (primary N) is 1. The highest BCUT2D eigenvalue weighted by Crippen LogP contribution is 2.35. The van der Waals surface area contributed by atoms with Crippen molar-refractivity contribution in [1.29, 1.82) is 0 Å². The normalized spacial score (nSPS) is 24.5. The fraction of sp³-hybridized carbons (Fsp3) is 0.909. The molecule has 1 fully saturated rings. The Morgan fingerprint density at radius 3 is 2.20 bits per heavy atom. The number of halogens is 5. The Labute approximate surface area is 112 Å². The van der Waals surface area contributed by atoms with E-state index >= 15 is 0 Å². The van der Waals surface area contributed by atoms with Gasteiger partial charge in [0.1, 0.15) is 0 Å². The van der Waals surface area contributed by atoms with Gasteiger partial charge >= 0.3 is 12.1 Å². The van der Waals surface area contributed by atoms with E-state index in [0.717, 1.165) is 12.8 Å². The monoisotopic (exact) mass is 304 g/mol. The predicted octanol–water partition coefficient (Wildman–Crippen LogP) is 1.59. The molecule has 1 rings (SSSR count). The van der Waals surface area contributed by atoms with Crippen LogP contribution in [0.2, 0.25) is 0 Å². The molecule has 0 aromatic heterocycles. The summed E-state index contributed by atoms with van der Waals surface area (Å²) in [6, 6.07) is 0.125. The number of ether oxygens (including phenoxy) is 1. The Bertz CT molecular complexity index is 327. The van der Waals surface area contributed by atoms with E-state index in [2.05, 4.69) is 0 Å².